The summed E-state index contributed by atoms with van der Waals surface area (Å²) in [7, 11) is 0. The molecule has 1 saturated heterocycles. The molecule has 11 nitrogen and oxygen atoms in total. The molecule has 1 aromatic heterocycles. The van der Waals surface area contributed by atoms with E-state index in [1.54, 1.807) is 38.1 Å². The summed E-state index contributed by atoms with van der Waals surface area (Å²) in [6.07, 6.45) is 0.705. The van der Waals surface area contributed by atoms with Crippen LogP contribution in [0.4, 0.5) is 0 Å². The van der Waals surface area contributed by atoms with Crippen LogP contribution in [-0.4, -0.2) is 74.9 Å². The number of fused-ring (bicyclic) bond motifs is 1. The Morgan fingerprint density at radius 3 is 2.40 bits per heavy atom. The van der Waals surface area contributed by atoms with E-state index in [9.17, 15) is 24.0 Å². The second-order valence-corrected chi connectivity index (χ2v) is 10.0. The van der Waals surface area contributed by atoms with Gasteiger partial charge < -0.3 is 25.4 Å². The summed E-state index contributed by atoms with van der Waals surface area (Å²) in [6, 6.07) is 13.2. The molecule has 2 heterocycles. The first kappa shape index (κ1) is 28.3. The molecule has 0 aliphatic carbocycles. The monoisotopic (exact) mass is 545 g/mol. The van der Waals surface area contributed by atoms with E-state index in [0.29, 0.717) is 41.3 Å². The number of carbonyl (C=O) groups is 5. The fraction of sp³-hybridized carbons (Fsp3) is 0.345. The highest BCUT2D eigenvalue weighted by molar-refractivity contribution is 6.11. The van der Waals surface area contributed by atoms with E-state index in [2.05, 4.69) is 20.8 Å². The molecule has 2 aromatic carbocycles. The lowest BCUT2D eigenvalue weighted by Crippen LogP contribution is -2.56. The zero-order valence-electron chi connectivity index (χ0n) is 22.2. The zero-order chi connectivity index (χ0) is 28.8. The van der Waals surface area contributed by atoms with Gasteiger partial charge in [0.1, 0.15) is 24.1 Å². The SMILES string of the molecule is CC(C)[C@H](NC(=O)c1c(-c2ccccc2)nnc2ccccc12)C(=O)N1CCCC1C(=O)N[C@H](C=O)CC(=O)O. The fourth-order valence-electron chi connectivity index (χ4n) is 4.89. The van der Waals surface area contributed by atoms with Crippen LogP contribution in [0.5, 0.6) is 0 Å². The van der Waals surface area contributed by atoms with Crippen molar-refractivity contribution in [3.63, 3.8) is 0 Å². The number of carbonyl (C=O) groups excluding carboxylic acids is 4. The lowest BCUT2D eigenvalue weighted by atomic mass is 9.98. The topological polar surface area (TPSA) is 159 Å². The highest BCUT2D eigenvalue weighted by Gasteiger charge is 2.39. The number of aliphatic carboxylic acids is 1. The Kier molecular flexibility index (Phi) is 8.83. The smallest absolute Gasteiger partial charge is 0.305 e. The van der Waals surface area contributed by atoms with Gasteiger partial charge in [-0.05, 0) is 24.8 Å². The molecule has 1 aliphatic rings. The van der Waals surface area contributed by atoms with Gasteiger partial charge in [-0.3, -0.25) is 19.2 Å². The Bertz CT molecular complexity index is 1430. The van der Waals surface area contributed by atoms with E-state index in [1.165, 1.54) is 4.90 Å². The van der Waals surface area contributed by atoms with Crippen molar-refractivity contribution < 1.29 is 29.1 Å². The van der Waals surface area contributed by atoms with Crippen LogP contribution in [0.3, 0.4) is 0 Å². The third-order valence-electron chi connectivity index (χ3n) is 6.89. The van der Waals surface area contributed by atoms with E-state index in [0.717, 1.165) is 0 Å². The normalized spacial score (nSPS) is 16.4. The first-order valence-corrected chi connectivity index (χ1v) is 13.1. The maximum Gasteiger partial charge on any atom is 0.305 e. The van der Waals surface area contributed by atoms with Crippen molar-refractivity contribution in [3.8, 4) is 11.3 Å². The second kappa shape index (κ2) is 12.5. The molecule has 0 spiro atoms. The molecule has 1 fully saturated rings. The van der Waals surface area contributed by atoms with Crippen LogP contribution in [0, 0.1) is 5.92 Å². The van der Waals surface area contributed by atoms with Gasteiger partial charge in [-0.25, -0.2) is 0 Å². The molecule has 208 valence electrons. The van der Waals surface area contributed by atoms with Crippen molar-refractivity contribution in [2.24, 2.45) is 5.92 Å². The predicted octanol–water partition coefficient (Wildman–Crippen LogP) is 2.20. The van der Waals surface area contributed by atoms with Crippen LogP contribution in [-0.2, 0) is 19.2 Å². The van der Waals surface area contributed by atoms with Crippen molar-refractivity contribution in [2.75, 3.05) is 6.54 Å². The largest absolute Gasteiger partial charge is 0.481 e. The van der Waals surface area contributed by atoms with Crippen LogP contribution >= 0.6 is 0 Å². The van der Waals surface area contributed by atoms with Gasteiger partial charge in [-0.2, -0.15) is 0 Å². The van der Waals surface area contributed by atoms with E-state index < -0.39 is 48.2 Å². The standard InChI is InChI=1S/C29H31N5O6/c1-17(2)25(29(40)34-14-8-13-22(34)27(38)30-19(16-35)15-23(36)37)31-28(39)24-20-11-6-7-12-21(20)32-33-26(24)18-9-4-3-5-10-18/h3-7,9-12,16-17,19,22,25H,8,13-15H2,1-2H3,(H,30,38)(H,31,39)(H,36,37)/t19-,22?,25-/m0/s1. The number of aldehydes is 1. The summed E-state index contributed by atoms with van der Waals surface area (Å²) in [6.45, 7) is 3.88. The van der Waals surface area contributed by atoms with Crippen LogP contribution in [0.2, 0.25) is 0 Å². The quantitative estimate of drug-likeness (QED) is 0.327. The number of carboxylic acids is 1. The molecular weight excluding hydrogens is 514 g/mol. The summed E-state index contributed by atoms with van der Waals surface area (Å²) in [5, 5.41) is 23.5. The number of hydrogen-bond donors (Lipinski definition) is 3. The third-order valence-corrected chi connectivity index (χ3v) is 6.89. The number of aromatic nitrogens is 2. The van der Waals surface area contributed by atoms with Gasteiger partial charge in [0, 0.05) is 17.5 Å². The lowest BCUT2D eigenvalue weighted by Gasteiger charge is -2.31. The summed E-state index contributed by atoms with van der Waals surface area (Å²) in [5.74, 6) is -3.09. The first-order chi connectivity index (χ1) is 19.2. The molecule has 0 bridgehead atoms. The molecule has 40 heavy (non-hydrogen) atoms. The Labute approximate surface area is 231 Å². The molecule has 3 aromatic rings. The van der Waals surface area contributed by atoms with Gasteiger partial charge in [0.05, 0.1) is 23.5 Å². The maximum atomic E-state index is 13.9. The lowest BCUT2D eigenvalue weighted by molar-refractivity contribution is -0.142. The molecule has 1 aliphatic heterocycles. The Hall–Kier alpha value is -4.67. The van der Waals surface area contributed by atoms with Crippen molar-refractivity contribution in [2.45, 2.75) is 51.2 Å². The number of amides is 3. The number of nitrogens with zero attached hydrogens (tertiary/aromatic N) is 3. The molecule has 1 unspecified atom stereocenters. The average Bonchev–Trinajstić information content (AvgIpc) is 3.45. The summed E-state index contributed by atoms with van der Waals surface area (Å²) in [4.78, 5) is 64.2. The van der Waals surface area contributed by atoms with Gasteiger partial charge >= 0.3 is 5.97 Å². The molecule has 3 N–H and O–H groups in total. The number of rotatable bonds is 10. The van der Waals surface area contributed by atoms with E-state index in [4.69, 9.17) is 5.11 Å². The Morgan fingerprint density at radius 1 is 1.02 bits per heavy atom. The van der Waals surface area contributed by atoms with E-state index in [-0.39, 0.29) is 18.0 Å². The number of benzene rings is 2. The minimum atomic E-state index is -1.23. The fourth-order valence-corrected chi connectivity index (χ4v) is 4.89. The summed E-state index contributed by atoms with van der Waals surface area (Å²) < 4.78 is 0. The molecule has 11 heteroatoms. The van der Waals surface area contributed by atoms with Gasteiger partial charge in [0.2, 0.25) is 11.8 Å². The van der Waals surface area contributed by atoms with Gasteiger partial charge in [-0.15, -0.1) is 10.2 Å². The predicted molar refractivity (Wildman–Crippen MR) is 146 cm³/mol. The summed E-state index contributed by atoms with van der Waals surface area (Å²) in [5.41, 5.74) is 1.89. The van der Waals surface area contributed by atoms with Crippen LogP contribution in [0.1, 0.15) is 43.5 Å². The molecule has 4 rings (SSSR count). The van der Waals surface area contributed by atoms with Crippen molar-refractivity contribution >= 4 is 40.9 Å². The molecule has 0 radical (unpaired) electrons. The highest BCUT2D eigenvalue weighted by Crippen LogP contribution is 2.28. The molecule has 3 amide bonds. The van der Waals surface area contributed by atoms with Crippen LogP contribution in [0.25, 0.3) is 22.2 Å². The van der Waals surface area contributed by atoms with Gasteiger partial charge in [0.25, 0.3) is 5.91 Å². The minimum absolute atomic E-state index is 0.286. The van der Waals surface area contributed by atoms with Crippen LogP contribution in [0.15, 0.2) is 54.6 Å². The summed E-state index contributed by atoms with van der Waals surface area (Å²) >= 11 is 0. The Balaban J connectivity index is 1.61. The first-order valence-electron chi connectivity index (χ1n) is 13.1. The van der Waals surface area contributed by atoms with E-state index in [1.807, 2.05) is 30.3 Å². The van der Waals surface area contributed by atoms with Gasteiger partial charge in [0.15, 0.2) is 0 Å². The van der Waals surface area contributed by atoms with Crippen molar-refractivity contribution in [1.82, 2.24) is 25.7 Å². The highest BCUT2D eigenvalue weighted by atomic mass is 16.4. The van der Waals surface area contributed by atoms with E-state index >= 15 is 0 Å². The van der Waals surface area contributed by atoms with Gasteiger partial charge in [-0.1, -0.05) is 62.4 Å². The number of likely N-dealkylation sites (tertiary alicyclic amines) is 1. The zero-order valence-corrected chi connectivity index (χ0v) is 22.2. The average molecular weight is 546 g/mol. The second-order valence-electron chi connectivity index (χ2n) is 10.0. The molecular formula is C29H31N5O6. The van der Waals surface area contributed by atoms with Crippen LogP contribution < -0.4 is 10.6 Å². The number of carboxylic acid groups (broad SMARTS) is 1. The number of hydrogen-bond acceptors (Lipinski definition) is 7. The Morgan fingerprint density at radius 2 is 1.73 bits per heavy atom. The van der Waals surface area contributed by atoms with Crippen molar-refractivity contribution in [3.05, 3.63) is 60.2 Å². The minimum Gasteiger partial charge on any atom is -0.481 e. The maximum absolute atomic E-state index is 13.9. The number of nitrogens with one attached hydrogen (secondary N) is 2. The van der Waals surface area contributed by atoms with Crippen molar-refractivity contribution in [1.29, 1.82) is 0 Å². The molecule has 3 atom stereocenters. The molecule has 0 saturated carbocycles. The third kappa shape index (κ3) is 6.14.